The van der Waals surface area contributed by atoms with Crippen LogP contribution in [0.25, 0.3) is 0 Å². The topological polar surface area (TPSA) is 0 Å². The van der Waals surface area contributed by atoms with E-state index in [0.717, 1.165) is 0 Å². The third-order valence-corrected chi connectivity index (χ3v) is 11.5. The van der Waals surface area contributed by atoms with E-state index in [4.69, 9.17) is 0 Å². The van der Waals surface area contributed by atoms with Gasteiger partial charge in [0, 0.05) is 5.54 Å². The van der Waals surface area contributed by atoms with Crippen LogP contribution in [0, 0.1) is 26.7 Å². The van der Waals surface area contributed by atoms with Gasteiger partial charge in [-0.25, -0.2) is 0 Å². The fraction of sp³-hybridized carbons (Fsp3) is 0.241. The van der Waals surface area contributed by atoms with Gasteiger partial charge in [-0.1, -0.05) is 122 Å². The molecule has 1 aliphatic rings. The summed E-state index contributed by atoms with van der Waals surface area (Å²) in [5.41, 5.74) is 5.87. The van der Waals surface area contributed by atoms with Crippen molar-refractivity contribution in [2.24, 2.45) is 5.92 Å². The molecule has 0 amide bonds. The van der Waals surface area contributed by atoms with E-state index < -0.39 is 8.07 Å². The van der Waals surface area contributed by atoms with Crippen LogP contribution in [0.15, 0.2) is 96.6 Å². The highest BCUT2D eigenvalue weighted by Gasteiger charge is 2.45. The molecule has 0 fully saturated rings. The number of hydrogen-bond donors (Lipinski definition) is 0. The highest BCUT2D eigenvalue weighted by Crippen LogP contribution is 2.34. The highest BCUT2D eigenvalue weighted by molar-refractivity contribution is 7.13. The Morgan fingerprint density at radius 2 is 1.10 bits per heavy atom. The molecule has 1 atom stereocenters. The van der Waals surface area contributed by atoms with Gasteiger partial charge in [-0.05, 0) is 47.8 Å². The Morgan fingerprint density at radius 1 is 0.667 bits per heavy atom. The van der Waals surface area contributed by atoms with E-state index in [9.17, 15) is 0 Å². The van der Waals surface area contributed by atoms with E-state index in [1.807, 2.05) is 0 Å². The summed E-state index contributed by atoms with van der Waals surface area (Å²) in [6.45, 7) is 11.3. The fourth-order valence-electron chi connectivity index (χ4n) is 4.94. The van der Waals surface area contributed by atoms with Gasteiger partial charge in [-0.2, -0.15) is 0 Å². The minimum Gasteiger partial charge on any atom is -0.0790 e. The summed E-state index contributed by atoms with van der Waals surface area (Å²) in [6.07, 6.45) is 7.41. The Balaban J connectivity index is 2.10. The van der Waals surface area contributed by atoms with Crippen LogP contribution in [-0.4, -0.2) is 8.07 Å². The van der Waals surface area contributed by atoms with Gasteiger partial charge in [-0.15, -0.1) is 0 Å². The molecule has 0 spiro atoms. The van der Waals surface area contributed by atoms with Crippen molar-refractivity contribution in [1.29, 1.82) is 0 Å². The van der Waals surface area contributed by atoms with Crippen LogP contribution >= 0.6 is 0 Å². The van der Waals surface area contributed by atoms with Crippen LogP contribution in [0.4, 0.5) is 0 Å². The summed E-state index contributed by atoms with van der Waals surface area (Å²) in [6, 6.07) is 27.8. The predicted octanol–water partition coefficient (Wildman–Crippen LogP) is 5.60. The fourth-order valence-corrected chi connectivity index (χ4v) is 10.4. The molecule has 152 valence electrons. The van der Waals surface area contributed by atoms with Gasteiger partial charge >= 0.3 is 0 Å². The first-order valence-corrected chi connectivity index (χ1v) is 13.1. The van der Waals surface area contributed by atoms with E-state index in [0.29, 0.717) is 11.5 Å². The number of allylic oxidation sites excluding steroid dienone is 4. The zero-order valence-corrected chi connectivity index (χ0v) is 19.8. The van der Waals surface area contributed by atoms with Crippen LogP contribution in [0.3, 0.4) is 0 Å². The first-order chi connectivity index (χ1) is 14.4. The molecule has 0 bridgehead atoms. The Labute approximate surface area is 183 Å². The molecule has 0 heterocycles. The average Bonchev–Trinajstić information content (AvgIpc) is 3.20. The maximum atomic E-state index is 2.56. The van der Waals surface area contributed by atoms with E-state index in [-0.39, 0.29) is 0 Å². The molecule has 0 saturated carbocycles. The summed E-state index contributed by atoms with van der Waals surface area (Å²) in [4.78, 5) is 0. The van der Waals surface area contributed by atoms with Gasteiger partial charge in [0.15, 0.2) is 8.07 Å². The molecule has 0 N–H and O–H groups in total. The molecule has 1 heteroatoms. The Kier molecular flexibility index (Phi) is 5.66. The van der Waals surface area contributed by atoms with E-state index in [2.05, 4.69) is 126 Å². The molecule has 3 aromatic carbocycles. The molecule has 1 aliphatic carbocycles. The van der Waals surface area contributed by atoms with Crippen LogP contribution in [-0.2, 0) is 0 Å². The molecule has 0 nitrogen and oxygen atoms in total. The van der Waals surface area contributed by atoms with Gasteiger partial charge in [0.05, 0.1) is 0 Å². The van der Waals surface area contributed by atoms with Crippen molar-refractivity contribution in [3.8, 4) is 0 Å². The summed E-state index contributed by atoms with van der Waals surface area (Å²) in [5, 5.41) is 4.49. The molecule has 0 aliphatic heterocycles. The maximum Gasteiger partial charge on any atom is 0.158 e. The summed E-state index contributed by atoms with van der Waals surface area (Å²) in [7, 11) is -2.34. The van der Waals surface area contributed by atoms with Crippen molar-refractivity contribution in [2.45, 2.75) is 40.2 Å². The van der Waals surface area contributed by atoms with Crippen molar-refractivity contribution in [1.82, 2.24) is 0 Å². The average molecular weight is 409 g/mol. The second-order valence-corrected chi connectivity index (χ2v) is 13.1. The first kappa shape index (κ1) is 20.6. The summed E-state index contributed by atoms with van der Waals surface area (Å²) >= 11 is 0. The number of rotatable bonds is 5. The third kappa shape index (κ3) is 3.63. The van der Waals surface area contributed by atoms with Crippen molar-refractivity contribution < 1.29 is 0 Å². The lowest BCUT2D eigenvalue weighted by Crippen LogP contribution is -2.69. The molecule has 0 radical (unpaired) electrons. The standard InChI is InChI=1S/C29H32Si/c1-21(2)25-15-16-29(20-25)30(26-12-6-9-22(3)17-26,27-13-7-10-23(4)18-27)28-14-8-11-24(5)19-28/h6-21,29H,1-5H3. The van der Waals surface area contributed by atoms with E-state index >= 15 is 0 Å². The predicted molar refractivity (Wildman–Crippen MR) is 134 cm³/mol. The molecule has 0 aromatic heterocycles. The lowest BCUT2D eigenvalue weighted by Gasteiger charge is -2.38. The zero-order chi connectivity index (χ0) is 21.3. The minimum atomic E-state index is -2.34. The van der Waals surface area contributed by atoms with Crippen LogP contribution < -0.4 is 15.6 Å². The quantitative estimate of drug-likeness (QED) is 0.380. The SMILES string of the molecule is Cc1cccc([Si](c2cccc(C)c2)(c2cccc(C)c2)C2C=CC(C(C)C)=C2)c1. The molecule has 1 unspecified atom stereocenters. The zero-order valence-electron chi connectivity index (χ0n) is 18.8. The first-order valence-electron chi connectivity index (χ1n) is 11.0. The lowest BCUT2D eigenvalue weighted by molar-refractivity contribution is 0.793. The maximum absolute atomic E-state index is 2.56. The Hall–Kier alpha value is -2.64. The Bertz CT molecular complexity index is 1010. The summed E-state index contributed by atoms with van der Waals surface area (Å²) < 4.78 is 0. The number of aryl methyl sites for hydroxylation is 3. The van der Waals surface area contributed by atoms with Gasteiger partial charge < -0.3 is 0 Å². The third-order valence-electron chi connectivity index (χ3n) is 6.45. The molecule has 30 heavy (non-hydrogen) atoms. The van der Waals surface area contributed by atoms with Crippen molar-refractivity contribution in [3.05, 3.63) is 113 Å². The lowest BCUT2D eigenvalue weighted by atomic mass is 10.1. The monoisotopic (exact) mass is 408 g/mol. The van der Waals surface area contributed by atoms with E-state index in [1.54, 1.807) is 0 Å². The highest BCUT2D eigenvalue weighted by atomic mass is 28.3. The van der Waals surface area contributed by atoms with Gasteiger partial charge in [-0.3, -0.25) is 0 Å². The molecular formula is C29H32Si. The van der Waals surface area contributed by atoms with Crippen molar-refractivity contribution in [3.63, 3.8) is 0 Å². The molecular weight excluding hydrogens is 376 g/mol. The summed E-state index contributed by atoms with van der Waals surface area (Å²) in [5.74, 6) is 0.547. The largest absolute Gasteiger partial charge is 0.158 e. The second kappa shape index (κ2) is 8.24. The molecule has 4 rings (SSSR count). The van der Waals surface area contributed by atoms with Gasteiger partial charge in [0.25, 0.3) is 0 Å². The molecule has 0 saturated heterocycles. The minimum absolute atomic E-state index is 0.403. The van der Waals surface area contributed by atoms with Gasteiger partial charge in [0.2, 0.25) is 0 Å². The van der Waals surface area contributed by atoms with Crippen molar-refractivity contribution in [2.75, 3.05) is 0 Å². The van der Waals surface area contributed by atoms with Crippen LogP contribution in [0.5, 0.6) is 0 Å². The second-order valence-electron chi connectivity index (χ2n) is 9.12. The number of hydrogen-bond acceptors (Lipinski definition) is 0. The van der Waals surface area contributed by atoms with Crippen LogP contribution in [0.1, 0.15) is 30.5 Å². The normalized spacial score (nSPS) is 16.2. The molecule has 3 aromatic rings. The van der Waals surface area contributed by atoms with Crippen LogP contribution in [0.2, 0.25) is 5.54 Å². The Morgan fingerprint density at radius 3 is 1.43 bits per heavy atom. The van der Waals surface area contributed by atoms with Gasteiger partial charge in [0.1, 0.15) is 0 Å². The smallest absolute Gasteiger partial charge is 0.0790 e. The van der Waals surface area contributed by atoms with E-state index in [1.165, 1.54) is 37.8 Å². The number of benzene rings is 3. The van der Waals surface area contributed by atoms with Crippen molar-refractivity contribution >= 4 is 23.6 Å².